The molecule has 0 radical (unpaired) electrons. The van der Waals surface area contributed by atoms with Gasteiger partial charge < -0.3 is 5.32 Å². The number of benzene rings is 1. The minimum Gasteiger partial charge on any atom is -0.322 e. The molecule has 0 bridgehead atoms. The summed E-state index contributed by atoms with van der Waals surface area (Å²) in [7, 11) is 1.34. The lowest BCUT2D eigenvalue weighted by Gasteiger charge is -2.24. The molecule has 0 spiro atoms. The molecule has 0 saturated carbocycles. The Kier molecular flexibility index (Phi) is 4.21. The Labute approximate surface area is 155 Å². The van der Waals surface area contributed by atoms with Crippen LogP contribution in [0.1, 0.15) is 54.4 Å². The lowest BCUT2D eigenvalue weighted by Crippen LogP contribution is -2.22. The van der Waals surface area contributed by atoms with Crippen LogP contribution < -0.4 is 5.32 Å². The third-order valence-corrected chi connectivity index (χ3v) is 5.06. The average molecular weight is 378 g/mol. The number of hydrogen-bond acceptors (Lipinski definition) is 3. The summed E-state index contributed by atoms with van der Waals surface area (Å²) in [6.45, 7) is 9.73. The number of aliphatic imine (C=N–C) groups is 1. The van der Waals surface area contributed by atoms with Gasteiger partial charge in [-0.1, -0.05) is 26.0 Å². The number of hydrogen-bond donors (Lipinski definition) is 1. The van der Waals surface area contributed by atoms with E-state index in [-0.39, 0.29) is 5.41 Å². The second kappa shape index (κ2) is 5.94. The van der Waals surface area contributed by atoms with E-state index in [1.807, 2.05) is 13.0 Å². The molecule has 3 rings (SSSR count). The second-order valence-corrected chi connectivity index (χ2v) is 7.74. The number of nitrogens with one attached hydrogen (secondary N) is 1. The van der Waals surface area contributed by atoms with Crippen molar-refractivity contribution in [1.29, 1.82) is 0 Å². The van der Waals surface area contributed by atoms with Crippen LogP contribution in [0.25, 0.3) is 0 Å². The highest BCUT2D eigenvalue weighted by molar-refractivity contribution is 6.05. The number of anilines is 1. The van der Waals surface area contributed by atoms with Crippen molar-refractivity contribution in [2.75, 3.05) is 5.32 Å². The number of carbonyl (C=O) groups is 1. The second-order valence-electron chi connectivity index (χ2n) is 7.74. The Balaban J connectivity index is 2.06. The number of nitrogens with zero attached hydrogens (tertiary/aromatic N) is 3. The van der Waals surface area contributed by atoms with Crippen molar-refractivity contribution in [1.82, 2.24) is 9.78 Å². The molecule has 1 aliphatic carbocycles. The number of halogens is 3. The fraction of sp³-hybridized carbons (Fsp3) is 0.421. The minimum atomic E-state index is -4.72. The first-order chi connectivity index (χ1) is 12.4. The monoisotopic (exact) mass is 378 g/mol. The minimum absolute atomic E-state index is 0.197. The molecule has 1 aromatic carbocycles. The summed E-state index contributed by atoms with van der Waals surface area (Å²) in [5.41, 5.74) is -0.335. The average Bonchev–Trinajstić information content (AvgIpc) is 3.05. The molecule has 144 valence electrons. The summed E-state index contributed by atoms with van der Waals surface area (Å²) in [5.74, 6) is -0.861. The number of rotatable bonds is 3. The summed E-state index contributed by atoms with van der Waals surface area (Å²) in [6.07, 6.45) is -2.96. The Morgan fingerprint density at radius 3 is 2.59 bits per heavy atom. The first-order valence-corrected chi connectivity index (χ1v) is 8.43. The number of fused-ring (bicyclic) bond motifs is 1. The largest absolute Gasteiger partial charge is 0.435 e. The third-order valence-electron chi connectivity index (χ3n) is 5.06. The van der Waals surface area contributed by atoms with Gasteiger partial charge in [0.05, 0.1) is 11.1 Å². The summed E-state index contributed by atoms with van der Waals surface area (Å²) < 4.78 is 40.5. The zero-order valence-corrected chi connectivity index (χ0v) is 15.6. The predicted molar refractivity (Wildman–Crippen MR) is 97.1 cm³/mol. The van der Waals surface area contributed by atoms with E-state index < -0.39 is 28.9 Å². The van der Waals surface area contributed by atoms with Gasteiger partial charge in [0.15, 0.2) is 5.69 Å². The van der Waals surface area contributed by atoms with E-state index in [0.29, 0.717) is 12.1 Å². The fourth-order valence-corrected chi connectivity index (χ4v) is 4.03. The van der Waals surface area contributed by atoms with E-state index in [9.17, 15) is 18.0 Å². The maximum atomic E-state index is 13.2. The van der Waals surface area contributed by atoms with Gasteiger partial charge in [-0.15, -0.1) is 0 Å². The van der Waals surface area contributed by atoms with Crippen molar-refractivity contribution in [3.63, 3.8) is 0 Å². The van der Waals surface area contributed by atoms with E-state index in [1.54, 1.807) is 12.1 Å². The van der Waals surface area contributed by atoms with Crippen LogP contribution >= 0.6 is 0 Å². The normalized spacial score (nSPS) is 21.0. The Bertz CT molecular complexity index is 930. The Morgan fingerprint density at radius 2 is 2.00 bits per heavy atom. The van der Waals surface area contributed by atoms with Crippen molar-refractivity contribution in [3.05, 3.63) is 46.8 Å². The lowest BCUT2D eigenvalue weighted by molar-refractivity contribution is -0.141. The molecule has 1 aliphatic rings. The number of aryl methyl sites for hydroxylation is 1. The van der Waals surface area contributed by atoms with Gasteiger partial charge in [0.25, 0.3) is 5.91 Å². The van der Waals surface area contributed by atoms with E-state index >= 15 is 0 Å². The molecule has 1 amide bonds. The zero-order chi connectivity index (χ0) is 20.2. The molecule has 27 heavy (non-hydrogen) atoms. The highest BCUT2D eigenvalue weighted by atomic mass is 19.4. The van der Waals surface area contributed by atoms with Gasteiger partial charge in [-0.25, -0.2) is 0 Å². The molecular weight excluding hydrogens is 357 g/mol. The summed E-state index contributed by atoms with van der Waals surface area (Å²) in [5, 5.41) is 6.02. The first kappa shape index (κ1) is 19.1. The molecule has 1 atom stereocenters. The molecule has 0 saturated heterocycles. The quantitative estimate of drug-likeness (QED) is 0.810. The molecule has 0 aliphatic heterocycles. The van der Waals surface area contributed by atoms with Crippen LogP contribution in [0.15, 0.2) is 29.4 Å². The van der Waals surface area contributed by atoms with Gasteiger partial charge in [-0.05, 0) is 37.1 Å². The van der Waals surface area contributed by atoms with Crippen LogP contribution in [0.3, 0.4) is 0 Å². The van der Waals surface area contributed by atoms with Crippen LogP contribution in [-0.2, 0) is 24.2 Å². The third kappa shape index (κ3) is 3.13. The Hall–Kier alpha value is -2.64. The summed E-state index contributed by atoms with van der Waals surface area (Å²) >= 11 is 0. The predicted octanol–water partition coefficient (Wildman–Crippen LogP) is 4.29. The van der Waals surface area contributed by atoms with Crippen LogP contribution in [-0.4, -0.2) is 22.4 Å². The van der Waals surface area contributed by atoms with Crippen LogP contribution in [0, 0.1) is 0 Å². The van der Waals surface area contributed by atoms with Crippen LogP contribution in [0.4, 0.5) is 18.9 Å². The van der Waals surface area contributed by atoms with E-state index in [4.69, 9.17) is 0 Å². The number of amides is 1. The maximum absolute atomic E-state index is 13.2. The van der Waals surface area contributed by atoms with Crippen molar-refractivity contribution in [2.24, 2.45) is 12.0 Å². The number of alkyl halides is 3. The molecule has 8 heteroatoms. The topological polar surface area (TPSA) is 59.3 Å². The van der Waals surface area contributed by atoms with E-state index in [2.05, 4.69) is 36.0 Å². The molecule has 1 N–H and O–H groups in total. The van der Waals surface area contributed by atoms with Crippen molar-refractivity contribution < 1.29 is 18.0 Å². The summed E-state index contributed by atoms with van der Waals surface area (Å²) in [4.78, 5) is 16.9. The van der Waals surface area contributed by atoms with Gasteiger partial charge in [0, 0.05) is 24.5 Å². The van der Waals surface area contributed by atoms with Crippen molar-refractivity contribution in [2.45, 2.75) is 44.3 Å². The molecule has 0 unspecified atom stereocenters. The van der Waals surface area contributed by atoms with Gasteiger partial charge in [0.1, 0.15) is 0 Å². The molecule has 1 heterocycles. The van der Waals surface area contributed by atoms with Gasteiger partial charge in [-0.2, -0.15) is 18.3 Å². The zero-order valence-electron chi connectivity index (χ0n) is 15.6. The number of aromatic nitrogens is 2. The molecule has 5 nitrogen and oxygen atoms in total. The molecule has 0 fully saturated rings. The van der Waals surface area contributed by atoms with E-state index in [0.717, 1.165) is 22.0 Å². The van der Waals surface area contributed by atoms with Crippen LogP contribution in [0.5, 0.6) is 0 Å². The van der Waals surface area contributed by atoms with Crippen molar-refractivity contribution in [3.8, 4) is 0 Å². The van der Waals surface area contributed by atoms with Crippen molar-refractivity contribution >= 4 is 18.3 Å². The fourth-order valence-electron chi connectivity index (χ4n) is 4.03. The highest BCUT2D eigenvalue weighted by Crippen LogP contribution is 2.52. The SMILES string of the molecule is C=N[C@@]1(C)CC(C)(C)c2cccc(NC(=O)c3cn(C)nc3C(F)(F)F)c21. The van der Waals surface area contributed by atoms with Gasteiger partial charge in [0.2, 0.25) is 0 Å². The van der Waals surface area contributed by atoms with Crippen LogP contribution in [0.2, 0.25) is 0 Å². The maximum Gasteiger partial charge on any atom is 0.435 e. The first-order valence-electron chi connectivity index (χ1n) is 8.43. The molecule has 2 aromatic rings. The highest BCUT2D eigenvalue weighted by Gasteiger charge is 2.46. The number of carbonyl (C=O) groups excluding carboxylic acids is 1. The lowest BCUT2D eigenvalue weighted by atomic mass is 9.85. The smallest absolute Gasteiger partial charge is 0.322 e. The van der Waals surface area contributed by atoms with E-state index in [1.165, 1.54) is 7.05 Å². The van der Waals surface area contributed by atoms with Gasteiger partial charge >= 0.3 is 6.18 Å². The molecular formula is C19H21F3N4O. The van der Waals surface area contributed by atoms with Gasteiger partial charge in [-0.3, -0.25) is 14.5 Å². The standard InChI is InChI=1S/C19H21F3N4O/c1-17(2)10-18(3,23-4)14-12(17)7-6-8-13(14)24-16(27)11-9-26(5)25-15(11)19(20,21)22/h6-9H,4,10H2,1-3,5H3,(H,24,27)/t18-/m0/s1. The molecule has 1 aromatic heterocycles. The summed E-state index contributed by atoms with van der Waals surface area (Å²) in [6, 6.07) is 5.40. The Morgan fingerprint density at radius 1 is 1.33 bits per heavy atom.